The van der Waals surface area contributed by atoms with Gasteiger partial charge in [0.2, 0.25) is 0 Å². The first-order valence-corrected chi connectivity index (χ1v) is 8.05. The molecule has 1 aromatic rings. The van der Waals surface area contributed by atoms with Crippen molar-refractivity contribution in [2.75, 3.05) is 33.4 Å². The molecule has 1 N–H and O–H groups in total. The number of rotatable bonds is 4. The van der Waals surface area contributed by atoms with Crippen LogP contribution in [0.25, 0.3) is 0 Å². The Kier molecular flexibility index (Phi) is 4.82. The molecule has 1 aromatic carbocycles. The number of hydrogen-bond acceptors (Lipinski definition) is 4. The first kappa shape index (κ1) is 16.2. The minimum absolute atomic E-state index is 0.0438. The van der Waals surface area contributed by atoms with E-state index in [1.54, 1.807) is 6.92 Å². The largest absolute Gasteiger partial charge is 0.496 e. The number of nitrogens with zero attached hydrogens (tertiary/aromatic N) is 1. The van der Waals surface area contributed by atoms with E-state index in [1.165, 1.54) is 19.2 Å². The maximum absolute atomic E-state index is 14.1. The predicted molar refractivity (Wildman–Crippen MR) is 84.4 cm³/mol. The van der Waals surface area contributed by atoms with E-state index in [9.17, 15) is 9.18 Å². The third kappa shape index (κ3) is 3.48. The second-order valence-corrected chi connectivity index (χ2v) is 6.28. The van der Waals surface area contributed by atoms with Gasteiger partial charge in [-0.3, -0.25) is 9.69 Å². The van der Waals surface area contributed by atoms with Gasteiger partial charge in [0.1, 0.15) is 11.6 Å². The Labute approximate surface area is 135 Å². The lowest BCUT2D eigenvalue weighted by Gasteiger charge is -2.41. The zero-order valence-electron chi connectivity index (χ0n) is 13.6. The van der Waals surface area contributed by atoms with Crippen LogP contribution >= 0.6 is 0 Å². The molecule has 2 aliphatic heterocycles. The van der Waals surface area contributed by atoms with E-state index in [0.717, 1.165) is 39.1 Å². The van der Waals surface area contributed by atoms with E-state index in [1.807, 2.05) is 0 Å². The van der Waals surface area contributed by atoms with Crippen molar-refractivity contribution in [2.24, 2.45) is 0 Å². The molecule has 6 heteroatoms. The van der Waals surface area contributed by atoms with Crippen LogP contribution in [0.2, 0.25) is 0 Å². The third-order valence-electron chi connectivity index (χ3n) is 4.73. The quantitative estimate of drug-likeness (QED) is 0.917. The molecule has 0 aliphatic carbocycles. The summed E-state index contributed by atoms with van der Waals surface area (Å²) in [6.07, 6.45) is 1.76. The highest BCUT2D eigenvalue weighted by Gasteiger charge is 2.30. The number of halogens is 1. The highest BCUT2D eigenvalue weighted by atomic mass is 19.1. The van der Waals surface area contributed by atoms with Crippen molar-refractivity contribution in [2.45, 2.75) is 31.8 Å². The molecule has 0 atom stereocenters. The molecular formula is C17H23FN2O3. The zero-order valence-corrected chi connectivity index (χ0v) is 13.6. The van der Waals surface area contributed by atoms with Gasteiger partial charge in [-0.2, -0.15) is 0 Å². The van der Waals surface area contributed by atoms with E-state index in [2.05, 4.69) is 10.2 Å². The Hall–Kier alpha value is -1.66. The Bertz CT molecular complexity index is 581. The Balaban J connectivity index is 1.59. The van der Waals surface area contributed by atoms with Gasteiger partial charge in [-0.05, 0) is 37.5 Å². The highest BCUT2D eigenvalue weighted by Crippen LogP contribution is 2.23. The number of aryl methyl sites for hydroxylation is 1. The fourth-order valence-corrected chi connectivity index (χ4v) is 3.15. The Morgan fingerprint density at radius 3 is 2.61 bits per heavy atom. The van der Waals surface area contributed by atoms with Crippen LogP contribution in [0, 0.1) is 12.7 Å². The second-order valence-electron chi connectivity index (χ2n) is 6.28. The molecular weight excluding hydrogens is 299 g/mol. The predicted octanol–water partition coefficient (Wildman–Crippen LogP) is 1.74. The number of ether oxygens (including phenoxy) is 2. The first-order valence-electron chi connectivity index (χ1n) is 8.05. The molecule has 2 fully saturated rings. The average molecular weight is 322 g/mol. The van der Waals surface area contributed by atoms with Gasteiger partial charge in [0, 0.05) is 19.1 Å². The van der Waals surface area contributed by atoms with Crippen LogP contribution in [-0.2, 0) is 4.74 Å². The zero-order chi connectivity index (χ0) is 16.4. The van der Waals surface area contributed by atoms with E-state index in [-0.39, 0.29) is 17.5 Å². The van der Waals surface area contributed by atoms with Crippen molar-refractivity contribution in [3.8, 4) is 5.75 Å². The summed E-state index contributed by atoms with van der Waals surface area (Å²) >= 11 is 0. The van der Waals surface area contributed by atoms with Crippen LogP contribution in [0.3, 0.4) is 0 Å². The fraction of sp³-hybridized carbons (Fsp3) is 0.588. The summed E-state index contributed by atoms with van der Waals surface area (Å²) in [6.45, 7) is 5.26. The molecule has 23 heavy (non-hydrogen) atoms. The Morgan fingerprint density at radius 1 is 1.35 bits per heavy atom. The summed E-state index contributed by atoms with van der Waals surface area (Å²) in [4.78, 5) is 14.8. The molecule has 0 bridgehead atoms. The molecule has 0 unspecified atom stereocenters. The molecule has 5 nitrogen and oxygen atoms in total. The summed E-state index contributed by atoms with van der Waals surface area (Å²) in [5.41, 5.74) is 0.722. The van der Waals surface area contributed by atoms with Crippen molar-refractivity contribution in [1.82, 2.24) is 10.2 Å². The summed E-state index contributed by atoms with van der Waals surface area (Å²) < 4.78 is 24.4. The number of methoxy groups -OCH3 is 1. The number of carbonyl (C=O) groups excluding carboxylic acids is 1. The number of benzene rings is 1. The average Bonchev–Trinajstić information content (AvgIpc) is 2.47. The van der Waals surface area contributed by atoms with Crippen LogP contribution in [0.5, 0.6) is 5.75 Å². The van der Waals surface area contributed by atoms with Crippen LogP contribution < -0.4 is 10.1 Å². The number of hydrogen-bond donors (Lipinski definition) is 1. The molecule has 0 radical (unpaired) electrons. The van der Waals surface area contributed by atoms with Gasteiger partial charge >= 0.3 is 0 Å². The summed E-state index contributed by atoms with van der Waals surface area (Å²) in [5, 5.41) is 2.95. The molecule has 126 valence electrons. The van der Waals surface area contributed by atoms with Crippen molar-refractivity contribution in [3.05, 3.63) is 29.1 Å². The molecule has 0 aromatic heterocycles. The van der Waals surface area contributed by atoms with Crippen LogP contribution in [0.1, 0.15) is 28.8 Å². The number of piperidine rings is 1. The maximum atomic E-state index is 14.1. The fourth-order valence-electron chi connectivity index (χ4n) is 3.15. The van der Waals surface area contributed by atoms with Crippen LogP contribution in [0.4, 0.5) is 4.39 Å². The lowest BCUT2D eigenvalue weighted by Crippen LogP contribution is -2.54. The molecule has 2 saturated heterocycles. The van der Waals surface area contributed by atoms with Gasteiger partial charge in [0.15, 0.2) is 0 Å². The number of amides is 1. The summed E-state index contributed by atoms with van der Waals surface area (Å²) in [5.74, 6) is -0.354. The van der Waals surface area contributed by atoms with Crippen LogP contribution in [-0.4, -0.2) is 56.3 Å². The number of carbonyl (C=O) groups is 1. The molecule has 3 rings (SSSR count). The van der Waals surface area contributed by atoms with Gasteiger partial charge < -0.3 is 14.8 Å². The van der Waals surface area contributed by atoms with Crippen molar-refractivity contribution >= 4 is 5.91 Å². The van der Waals surface area contributed by atoms with Gasteiger partial charge in [0.25, 0.3) is 5.91 Å². The van der Waals surface area contributed by atoms with Gasteiger partial charge in [-0.15, -0.1) is 0 Å². The molecule has 0 spiro atoms. The minimum Gasteiger partial charge on any atom is -0.496 e. The van der Waals surface area contributed by atoms with Crippen molar-refractivity contribution < 1.29 is 18.7 Å². The monoisotopic (exact) mass is 322 g/mol. The standard InChI is InChI=1S/C17H23FN2O3/c1-11-7-15(18)14(8-16(11)22-2)17(21)19-12-3-5-20(6-4-12)13-9-23-10-13/h7-8,12-13H,3-6,9-10H2,1-2H3,(H,19,21). The van der Waals surface area contributed by atoms with E-state index < -0.39 is 5.82 Å². The number of likely N-dealkylation sites (tertiary alicyclic amines) is 1. The smallest absolute Gasteiger partial charge is 0.254 e. The van der Waals surface area contributed by atoms with Crippen molar-refractivity contribution in [3.63, 3.8) is 0 Å². The van der Waals surface area contributed by atoms with Gasteiger partial charge in [-0.1, -0.05) is 0 Å². The third-order valence-corrected chi connectivity index (χ3v) is 4.73. The SMILES string of the molecule is COc1cc(C(=O)NC2CCN(C3COC3)CC2)c(F)cc1C. The topological polar surface area (TPSA) is 50.8 Å². The maximum Gasteiger partial charge on any atom is 0.254 e. The molecule has 2 aliphatic rings. The lowest BCUT2D eigenvalue weighted by molar-refractivity contribution is -0.0716. The van der Waals surface area contributed by atoms with Crippen molar-refractivity contribution in [1.29, 1.82) is 0 Å². The van der Waals surface area contributed by atoms with E-state index >= 15 is 0 Å². The molecule has 0 saturated carbocycles. The summed E-state index contributed by atoms with van der Waals surface area (Å²) in [6, 6.07) is 3.44. The summed E-state index contributed by atoms with van der Waals surface area (Å²) in [7, 11) is 1.52. The first-order chi connectivity index (χ1) is 11.1. The van der Waals surface area contributed by atoms with E-state index in [0.29, 0.717) is 17.4 Å². The van der Waals surface area contributed by atoms with E-state index in [4.69, 9.17) is 9.47 Å². The normalized spacial score (nSPS) is 20.1. The molecule has 1 amide bonds. The second kappa shape index (κ2) is 6.84. The highest BCUT2D eigenvalue weighted by molar-refractivity contribution is 5.95. The molecule has 2 heterocycles. The lowest BCUT2D eigenvalue weighted by atomic mass is 10.0. The van der Waals surface area contributed by atoms with Gasteiger partial charge in [-0.25, -0.2) is 4.39 Å². The minimum atomic E-state index is -0.509. The Morgan fingerprint density at radius 2 is 2.04 bits per heavy atom. The number of nitrogens with one attached hydrogen (secondary N) is 1. The van der Waals surface area contributed by atoms with Crippen LogP contribution in [0.15, 0.2) is 12.1 Å². The van der Waals surface area contributed by atoms with Gasteiger partial charge in [0.05, 0.1) is 31.9 Å².